The maximum Gasteiger partial charge on any atom is 0.272 e. The lowest BCUT2D eigenvalue weighted by molar-refractivity contribution is 0.0817. The van der Waals surface area contributed by atoms with E-state index in [0.717, 1.165) is 6.07 Å². The third-order valence-electron chi connectivity index (χ3n) is 1.78. The van der Waals surface area contributed by atoms with Gasteiger partial charge in [-0.3, -0.25) is 0 Å². The van der Waals surface area contributed by atoms with E-state index in [1.165, 1.54) is 12.1 Å². The fourth-order valence-electron chi connectivity index (χ4n) is 1.06. The highest BCUT2D eigenvalue weighted by molar-refractivity contribution is 5.39. The van der Waals surface area contributed by atoms with Crippen LogP contribution >= 0.6 is 0 Å². The molecular weight excluding hydrogens is 233 g/mol. The van der Waals surface area contributed by atoms with Crippen LogP contribution < -0.4 is 4.74 Å². The molecule has 0 saturated heterocycles. The summed E-state index contributed by atoms with van der Waals surface area (Å²) in [6.45, 7) is -0.862. The van der Waals surface area contributed by atoms with Crippen LogP contribution in [0.15, 0.2) is 18.2 Å². The van der Waals surface area contributed by atoms with E-state index >= 15 is 0 Å². The largest absolute Gasteiger partial charge is 0.488 e. The SMILES string of the molecule is OCCC#Cc1ccc(OCC(F)F)cc1F. The Morgan fingerprint density at radius 2 is 2.12 bits per heavy atom. The van der Waals surface area contributed by atoms with Crippen molar-refractivity contribution in [3.63, 3.8) is 0 Å². The van der Waals surface area contributed by atoms with E-state index in [2.05, 4.69) is 16.6 Å². The van der Waals surface area contributed by atoms with E-state index < -0.39 is 18.8 Å². The molecule has 0 heterocycles. The summed E-state index contributed by atoms with van der Waals surface area (Å²) in [5.74, 6) is 4.48. The molecule has 17 heavy (non-hydrogen) atoms. The molecule has 0 atom stereocenters. The average molecular weight is 244 g/mol. The minimum absolute atomic E-state index is 0.0375. The van der Waals surface area contributed by atoms with Crippen molar-refractivity contribution in [2.75, 3.05) is 13.2 Å². The summed E-state index contributed by atoms with van der Waals surface area (Å²) in [5.41, 5.74) is 0.142. The maximum atomic E-state index is 13.4. The van der Waals surface area contributed by atoms with Crippen LogP contribution in [0.5, 0.6) is 5.75 Å². The summed E-state index contributed by atoms with van der Waals surface area (Å²) >= 11 is 0. The molecule has 92 valence electrons. The first-order valence-electron chi connectivity index (χ1n) is 4.93. The van der Waals surface area contributed by atoms with Crippen LogP contribution in [-0.2, 0) is 0 Å². The standard InChI is InChI=1S/C12H11F3O2/c13-11-7-10(17-8-12(14)15)5-4-9(11)3-1-2-6-16/h4-5,7,12,16H,2,6,8H2. The molecular formula is C12H11F3O2. The molecule has 0 aliphatic rings. The molecule has 1 aromatic rings. The van der Waals surface area contributed by atoms with Gasteiger partial charge in [0.2, 0.25) is 0 Å². The fourth-order valence-corrected chi connectivity index (χ4v) is 1.06. The second-order valence-electron chi connectivity index (χ2n) is 3.12. The minimum Gasteiger partial charge on any atom is -0.488 e. The van der Waals surface area contributed by atoms with Crippen LogP contribution in [-0.4, -0.2) is 24.7 Å². The molecule has 0 aliphatic heterocycles. The zero-order valence-electron chi connectivity index (χ0n) is 8.92. The van der Waals surface area contributed by atoms with Gasteiger partial charge in [-0.15, -0.1) is 0 Å². The highest BCUT2D eigenvalue weighted by atomic mass is 19.3. The van der Waals surface area contributed by atoms with Crippen LogP contribution in [0.3, 0.4) is 0 Å². The summed E-state index contributed by atoms with van der Waals surface area (Å²) in [5, 5.41) is 8.49. The summed E-state index contributed by atoms with van der Waals surface area (Å²) in [7, 11) is 0. The number of benzene rings is 1. The quantitative estimate of drug-likeness (QED) is 0.823. The molecule has 0 spiro atoms. The molecule has 0 saturated carbocycles. The Balaban J connectivity index is 2.70. The molecule has 1 N–H and O–H groups in total. The van der Waals surface area contributed by atoms with Crippen molar-refractivity contribution in [3.05, 3.63) is 29.6 Å². The fraction of sp³-hybridized carbons (Fsp3) is 0.333. The van der Waals surface area contributed by atoms with Crippen LogP contribution in [0.2, 0.25) is 0 Å². The Hall–Kier alpha value is -1.67. The number of halogens is 3. The van der Waals surface area contributed by atoms with E-state index in [0.29, 0.717) is 0 Å². The lowest BCUT2D eigenvalue weighted by Gasteiger charge is -2.05. The van der Waals surface area contributed by atoms with Crippen molar-refractivity contribution >= 4 is 0 Å². The van der Waals surface area contributed by atoms with Gasteiger partial charge >= 0.3 is 0 Å². The lowest BCUT2D eigenvalue weighted by atomic mass is 10.2. The van der Waals surface area contributed by atoms with Gasteiger partial charge in [-0.1, -0.05) is 11.8 Å². The van der Waals surface area contributed by atoms with Gasteiger partial charge in [0.15, 0.2) is 0 Å². The molecule has 0 aromatic heterocycles. The van der Waals surface area contributed by atoms with Crippen molar-refractivity contribution in [1.82, 2.24) is 0 Å². The van der Waals surface area contributed by atoms with Gasteiger partial charge in [0.1, 0.15) is 18.2 Å². The molecule has 0 unspecified atom stereocenters. The molecule has 0 aliphatic carbocycles. The summed E-state index contributed by atoms with van der Waals surface area (Å²) < 4.78 is 41.7. The van der Waals surface area contributed by atoms with E-state index in [4.69, 9.17) is 5.11 Å². The molecule has 0 radical (unpaired) electrons. The minimum atomic E-state index is -2.60. The summed E-state index contributed by atoms with van der Waals surface area (Å²) in [6.07, 6.45) is -2.34. The topological polar surface area (TPSA) is 29.5 Å². The number of ether oxygens (including phenoxy) is 1. The van der Waals surface area contributed by atoms with Crippen LogP contribution in [0.25, 0.3) is 0 Å². The normalized spacial score (nSPS) is 9.94. The number of hydrogen-bond donors (Lipinski definition) is 1. The Bertz CT molecular complexity index is 421. The van der Waals surface area contributed by atoms with E-state index in [-0.39, 0.29) is 24.3 Å². The van der Waals surface area contributed by atoms with E-state index in [9.17, 15) is 13.2 Å². The zero-order valence-corrected chi connectivity index (χ0v) is 8.92. The third kappa shape index (κ3) is 4.79. The number of aliphatic hydroxyl groups is 1. The molecule has 5 heteroatoms. The maximum absolute atomic E-state index is 13.4. The highest BCUT2D eigenvalue weighted by Gasteiger charge is 2.06. The third-order valence-corrected chi connectivity index (χ3v) is 1.78. The lowest BCUT2D eigenvalue weighted by Crippen LogP contribution is -2.07. The summed E-state index contributed by atoms with van der Waals surface area (Å²) in [6, 6.07) is 3.72. The van der Waals surface area contributed by atoms with Crippen LogP contribution in [0.1, 0.15) is 12.0 Å². The first-order chi connectivity index (χ1) is 8.13. The van der Waals surface area contributed by atoms with Crippen molar-refractivity contribution in [3.8, 4) is 17.6 Å². The molecule has 1 aromatic carbocycles. The van der Waals surface area contributed by atoms with Gasteiger partial charge in [0.25, 0.3) is 6.43 Å². The van der Waals surface area contributed by atoms with Gasteiger partial charge in [0, 0.05) is 12.5 Å². The Kier molecular flexibility index (Phi) is 5.37. The second-order valence-corrected chi connectivity index (χ2v) is 3.12. The predicted octanol–water partition coefficient (Wildman–Crippen LogP) is 2.20. The van der Waals surface area contributed by atoms with Crippen LogP contribution in [0.4, 0.5) is 13.2 Å². The molecule has 0 fully saturated rings. The molecule has 2 nitrogen and oxygen atoms in total. The van der Waals surface area contributed by atoms with Crippen LogP contribution in [0, 0.1) is 17.7 Å². The monoisotopic (exact) mass is 244 g/mol. The van der Waals surface area contributed by atoms with Gasteiger partial charge in [-0.05, 0) is 12.1 Å². The van der Waals surface area contributed by atoms with E-state index in [1.807, 2.05) is 0 Å². The molecule has 0 amide bonds. The van der Waals surface area contributed by atoms with Crippen molar-refractivity contribution in [1.29, 1.82) is 0 Å². The Labute approximate surface area is 97.0 Å². The Morgan fingerprint density at radius 1 is 1.35 bits per heavy atom. The van der Waals surface area contributed by atoms with Gasteiger partial charge in [-0.25, -0.2) is 13.2 Å². The van der Waals surface area contributed by atoms with Crippen molar-refractivity contribution in [2.45, 2.75) is 12.8 Å². The number of hydrogen-bond acceptors (Lipinski definition) is 2. The predicted molar refractivity (Wildman–Crippen MR) is 56.5 cm³/mol. The molecule has 0 bridgehead atoms. The second kappa shape index (κ2) is 6.81. The number of aliphatic hydroxyl groups excluding tert-OH is 1. The zero-order chi connectivity index (χ0) is 12.7. The molecule has 1 rings (SSSR count). The smallest absolute Gasteiger partial charge is 0.272 e. The number of rotatable bonds is 4. The summed E-state index contributed by atoms with van der Waals surface area (Å²) in [4.78, 5) is 0. The first kappa shape index (κ1) is 13.4. The van der Waals surface area contributed by atoms with Gasteiger partial charge in [0.05, 0.1) is 12.2 Å². The van der Waals surface area contributed by atoms with Crippen molar-refractivity contribution < 1.29 is 23.0 Å². The van der Waals surface area contributed by atoms with Gasteiger partial charge < -0.3 is 9.84 Å². The van der Waals surface area contributed by atoms with Crippen molar-refractivity contribution in [2.24, 2.45) is 0 Å². The average Bonchev–Trinajstić information content (AvgIpc) is 2.29. The highest BCUT2D eigenvalue weighted by Crippen LogP contribution is 2.16. The van der Waals surface area contributed by atoms with E-state index in [1.54, 1.807) is 0 Å². The van der Waals surface area contributed by atoms with Gasteiger partial charge in [-0.2, -0.15) is 0 Å². The number of alkyl halides is 2. The first-order valence-corrected chi connectivity index (χ1v) is 4.93. The Morgan fingerprint density at radius 3 is 2.71 bits per heavy atom.